The number of fused-ring (bicyclic) bond motifs is 1. The van der Waals surface area contributed by atoms with Crippen molar-refractivity contribution in [1.29, 1.82) is 0 Å². The van der Waals surface area contributed by atoms with Gasteiger partial charge in [0, 0.05) is 13.2 Å². The lowest BCUT2D eigenvalue weighted by atomic mass is 10.4. The topological polar surface area (TPSA) is 50.7 Å². The van der Waals surface area contributed by atoms with E-state index in [1.807, 2.05) is 0 Å². The first-order chi connectivity index (χ1) is 6.09. The molecule has 6 heteroatoms. The van der Waals surface area contributed by atoms with E-state index in [1.54, 1.807) is 7.05 Å². The lowest BCUT2D eigenvalue weighted by molar-refractivity contribution is 0.632. The summed E-state index contributed by atoms with van der Waals surface area (Å²) in [6.07, 6.45) is 1.18. The Morgan fingerprint density at radius 1 is 1.69 bits per heavy atom. The molecule has 0 amide bonds. The number of nitrogens with one attached hydrogen (secondary N) is 1. The smallest absolute Gasteiger partial charge is 0.264 e. The maximum Gasteiger partial charge on any atom is 0.264 e. The van der Waals surface area contributed by atoms with Gasteiger partial charge in [0.1, 0.15) is 5.39 Å². The van der Waals surface area contributed by atoms with Crippen LogP contribution in [0.4, 0.5) is 4.39 Å². The van der Waals surface area contributed by atoms with Crippen LogP contribution in [-0.4, -0.2) is 14.5 Å². The summed E-state index contributed by atoms with van der Waals surface area (Å²) in [5, 5.41) is -0.106. The molecule has 0 radical (unpaired) electrons. The molecule has 0 aliphatic carbocycles. The largest absolute Gasteiger partial charge is 0.332 e. The Labute approximate surface area is 77.0 Å². The van der Waals surface area contributed by atoms with Crippen LogP contribution in [0.25, 0.3) is 11.0 Å². The summed E-state index contributed by atoms with van der Waals surface area (Å²) in [5.41, 5.74) is -0.320. The number of aryl methyl sites for hydroxylation is 1. The monoisotopic (exact) mass is 201 g/mol. The minimum absolute atomic E-state index is 0.0429. The Balaban J connectivity index is 3.06. The zero-order valence-electron chi connectivity index (χ0n) is 6.64. The Morgan fingerprint density at radius 3 is 3.08 bits per heavy atom. The molecule has 0 saturated heterocycles. The Morgan fingerprint density at radius 2 is 2.38 bits per heavy atom. The highest BCUT2D eigenvalue weighted by atomic mass is 35.5. The van der Waals surface area contributed by atoms with Crippen molar-refractivity contribution in [2.45, 2.75) is 0 Å². The van der Waals surface area contributed by atoms with Gasteiger partial charge in [0.25, 0.3) is 5.56 Å². The second kappa shape index (κ2) is 2.56. The number of H-pyrrole nitrogens is 1. The van der Waals surface area contributed by atoms with Crippen molar-refractivity contribution in [2.24, 2.45) is 7.05 Å². The van der Waals surface area contributed by atoms with Crippen LogP contribution in [0.1, 0.15) is 0 Å². The van der Waals surface area contributed by atoms with Gasteiger partial charge < -0.3 is 4.57 Å². The minimum Gasteiger partial charge on any atom is -0.332 e. The molecule has 4 nitrogen and oxygen atoms in total. The van der Waals surface area contributed by atoms with Crippen LogP contribution in [-0.2, 0) is 7.05 Å². The highest BCUT2D eigenvalue weighted by Crippen LogP contribution is 2.13. The van der Waals surface area contributed by atoms with Crippen LogP contribution in [0.15, 0.2) is 11.0 Å². The van der Waals surface area contributed by atoms with Crippen LogP contribution in [0.5, 0.6) is 0 Å². The van der Waals surface area contributed by atoms with E-state index in [4.69, 9.17) is 11.6 Å². The summed E-state index contributed by atoms with van der Waals surface area (Å²) in [5.74, 6) is -0.595. The van der Waals surface area contributed by atoms with Gasteiger partial charge in [-0.1, -0.05) is 0 Å². The number of nitrogens with zero attached hydrogens (tertiary/aromatic N) is 2. The number of rotatable bonds is 0. The maximum absolute atomic E-state index is 13.1. The molecule has 2 rings (SSSR count). The highest BCUT2D eigenvalue weighted by Gasteiger charge is 2.11. The summed E-state index contributed by atoms with van der Waals surface area (Å²) in [7, 11) is 1.59. The van der Waals surface area contributed by atoms with Gasteiger partial charge in [-0.15, -0.1) is 0 Å². The molecule has 0 bridgehead atoms. The maximum atomic E-state index is 13.1. The van der Waals surface area contributed by atoms with Crippen molar-refractivity contribution in [2.75, 3.05) is 0 Å². The third-order valence-corrected chi connectivity index (χ3v) is 1.93. The first-order valence-corrected chi connectivity index (χ1v) is 3.87. The van der Waals surface area contributed by atoms with Crippen molar-refractivity contribution < 1.29 is 4.39 Å². The molecule has 0 unspecified atom stereocenters. The van der Waals surface area contributed by atoms with Crippen molar-refractivity contribution in [1.82, 2.24) is 14.5 Å². The summed E-state index contributed by atoms with van der Waals surface area (Å²) >= 11 is 5.50. The van der Waals surface area contributed by atoms with E-state index >= 15 is 0 Å². The molecular weight excluding hydrogens is 197 g/mol. The molecule has 0 aliphatic heterocycles. The zero-order valence-corrected chi connectivity index (χ0v) is 7.39. The summed E-state index contributed by atoms with van der Waals surface area (Å²) in [6, 6.07) is 0. The second-order valence-corrected chi connectivity index (χ2v) is 3.00. The number of hydrogen-bond acceptors (Lipinski definition) is 2. The van der Waals surface area contributed by atoms with Crippen molar-refractivity contribution in [3.8, 4) is 0 Å². The van der Waals surface area contributed by atoms with E-state index in [-0.39, 0.29) is 16.3 Å². The van der Waals surface area contributed by atoms with E-state index in [0.29, 0.717) is 0 Å². The zero-order chi connectivity index (χ0) is 9.59. The van der Waals surface area contributed by atoms with Crippen molar-refractivity contribution in [3.05, 3.63) is 27.7 Å². The Bertz CT molecular complexity index is 530. The minimum atomic E-state index is -0.595. The molecule has 68 valence electrons. The van der Waals surface area contributed by atoms with Crippen molar-refractivity contribution in [3.63, 3.8) is 0 Å². The summed E-state index contributed by atoms with van der Waals surface area (Å²) in [6.45, 7) is 0. The normalized spacial score (nSPS) is 11.0. The molecule has 1 N–H and O–H groups in total. The standard InChI is InChI=1S/C7H5ClFN3O/c1-12-2-3(9)4-5(12)10-7(8)11-6(4)13/h2H,1H3,(H,10,11,13). The van der Waals surface area contributed by atoms with Crippen LogP contribution in [0, 0.1) is 5.82 Å². The molecule has 2 heterocycles. The summed E-state index contributed by atoms with van der Waals surface area (Å²) < 4.78 is 14.5. The third kappa shape index (κ3) is 1.12. The molecule has 0 fully saturated rings. The fourth-order valence-corrected chi connectivity index (χ4v) is 1.37. The van der Waals surface area contributed by atoms with E-state index in [0.717, 1.165) is 0 Å². The molecule has 0 atom stereocenters. The van der Waals surface area contributed by atoms with E-state index in [1.165, 1.54) is 10.8 Å². The predicted octanol–water partition coefficient (Wildman–Crippen LogP) is 1.05. The first kappa shape index (κ1) is 8.25. The quantitative estimate of drug-likeness (QED) is 0.648. The van der Waals surface area contributed by atoms with E-state index in [9.17, 15) is 9.18 Å². The van der Waals surface area contributed by atoms with Crippen LogP contribution < -0.4 is 5.56 Å². The highest BCUT2D eigenvalue weighted by molar-refractivity contribution is 6.28. The van der Waals surface area contributed by atoms with Crippen LogP contribution >= 0.6 is 11.6 Å². The number of aromatic amines is 1. The van der Waals surface area contributed by atoms with E-state index < -0.39 is 11.4 Å². The van der Waals surface area contributed by atoms with Gasteiger partial charge in [-0.25, -0.2) is 9.37 Å². The van der Waals surface area contributed by atoms with Crippen LogP contribution in [0.2, 0.25) is 5.28 Å². The van der Waals surface area contributed by atoms with Gasteiger partial charge in [0.15, 0.2) is 11.5 Å². The van der Waals surface area contributed by atoms with Gasteiger partial charge in [0.2, 0.25) is 5.28 Å². The molecule has 2 aromatic rings. The lowest BCUT2D eigenvalue weighted by Gasteiger charge is -1.93. The SMILES string of the molecule is Cn1cc(F)c2c(=O)[nH]c(Cl)nc21. The Kier molecular flexibility index (Phi) is 1.63. The number of halogens is 2. The van der Waals surface area contributed by atoms with Gasteiger partial charge >= 0.3 is 0 Å². The molecular formula is C7H5ClFN3O. The molecule has 0 saturated carbocycles. The summed E-state index contributed by atoms with van der Waals surface area (Å²) in [4.78, 5) is 17.2. The van der Waals surface area contributed by atoms with Gasteiger partial charge in [-0.3, -0.25) is 9.78 Å². The third-order valence-electron chi connectivity index (χ3n) is 1.75. The lowest BCUT2D eigenvalue weighted by Crippen LogP contribution is -2.08. The van der Waals surface area contributed by atoms with Gasteiger partial charge in [0.05, 0.1) is 0 Å². The van der Waals surface area contributed by atoms with Crippen molar-refractivity contribution >= 4 is 22.6 Å². The Hall–Kier alpha value is -1.36. The van der Waals surface area contributed by atoms with E-state index in [2.05, 4.69) is 9.97 Å². The first-order valence-electron chi connectivity index (χ1n) is 3.50. The molecule has 0 aromatic carbocycles. The average Bonchev–Trinajstić information content (AvgIpc) is 2.27. The fraction of sp³-hybridized carbons (Fsp3) is 0.143. The van der Waals surface area contributed by atoms with Gasteiger partial charge in [-0.05, 0) is 11.6 Å². The fourth-order valence-electron chi connectivity index (χ4n) is 1.20. The second-order valence-electron chi connectivity index (χ2n) is 2.64. The number of aromatic nitrogens is 3. The number of hydrogen-bond donors (Lipinski definition) is 1. The average molecular weight is 202 g/mol. The molecule has 13 heavy (non-hydrogen) atoms. The predicted molar refractivity (Wildman–Crippen MR) is 46.3 cm³/mol. The van der Waals surface area contributed by atoms with Crippen LogP contribution in [0.3, 0.4) is 0 Å². The molecule has 0 aliphatic rings. The molecule has 2 aromatic heterocycles. The van der Waals surface area contributed by atoms with Gasteiger partial charge in [-0.2, -0.15) is 0 Å². The molecule has 0 spiro atoms.